The minimum atomic E-state index is -0.460. The van der Waals surface area contributed by atoms with E-state index in [2.05, 4.69) is 0 Å². The average molecular weight is 286 g/mol. The molecule has 2 aromatic rings. The largest absolute Gasteiger partial charge is 0.493 e. The molecule has 0 saturated heterocycles. The van der Waals surface area contributed by atoms with Gasteiger partial charge in [-0.25, -0.2) is 4.39 Å². The summed E-state index contributed by atoms with van der Waals surface area (Å²) in [5, 5.41) is 8.82. The highest BCUT2D eigenvalue weighted by Crippen LogP contribution is 2.28. The molecule has 0 fully saturated rings. The van der Waals surface area contributed by atoms with Crippen LogP contribution in [-0.4, -0.2) is 7.11 Å². The van der Waals surface area contributed by atoms with Crippen molar-refractivity contribution in [3.05, 3.63) is 58.9 Å². The van der Waals surface area contributed by atoms with Crippen LogP contribution in [0.4, 0.5) is 4.39 Å². The van der Waals surface area contributed by atoms with Gasteiger partial charge >= 0.3 is 0 Å². The van der Waals surface area contributed by atoms with Crippen molar-refractivity contribution in [2.75, 3.05) is 7.11 Å². The zero-order chi connectivity index (χ0) is 15.2. The number of hydrogen-bond acceptors (Lipinski definition) is 4. The lowest BCUT2D eigenvalue weighted by Crippen LogP contribution is -2.01. The minimum absolute atomic E-state index is 0.144. The molecule has 0 unspecified atom stereocenters. The van der Waals surface area contributed by atoms with Gasteiger partial charge in [0.2, 0.25) is 0 Å². The van der Waals surface area contributed by atoms with Crippen LogP contribution in [0.15, 0.2) is 36.4 Å². The van der Waals surface area contributed by atoms with Crippen LogP contribution in [0.2, 0.25) is 0 Å². The third-order valence-corrected chi connectivity index (χ3v) is 2.94. The van der Waals surface area contributed by atoms with Crippen LogP contribution in [0.25, 0.3) is 0 Å². The third-order valence-electron chi connectivity index (χ3n) is 2.94. The second-order valence-electron chi connectivity index (χ2n) is 4.44. The molecule has 4 nitrogen and oxygen atoms in total. The monoisotopic (exact) mass is 286 g/mol. The van der Waals surface area contributed by atoms with Crippen LogP contribution in [0.5, 0.6) is 11.5 Å². The highest BCUT2D eigenvalue weighted by molar-refractivity contribution is 5.43. The number of nitrogens with two attached hydrogens (primary N) is 1. The fourth-order valence-corrected chi connectivity index (χ4v) is 1.92. The van der Waals surface area contributed by atoms with Crippen LogP contribution in [0.3, 0.4) is 0 Å². The highest BCUT2D eigenvalue weighted by Gasteiger charge is 2.07. The zero-order valence-electron chi connectivity index (χ0n) is 11.6. The number of nitriles is 1. The smallest absolute Gasteiger partial charge is 0.161 e. The number of rotatable bonds is 5. The van der Waals surface area contributed by atoms with Gasteiger partial charge in [0, 0.05) is 6.54 Å². The molecule has 0 radical (unpaired) electrons. The number of benzene rings is 2. The molecule has 0 aliphatic carbocycles. The van der Waals surface area contributed by atoms with Gasteiger partial charge in [0.05, 0.1) is 18.7 Å². The predicted octanol–water partition coefficient (Wildman–Crippen LogP) is 2.74. The first-order valence-corrected chi connectivity index (χ1v) is 6.35. The summed E-state index contributed by atoms with van der Waals surface area (Å²) in [6, 6.07) is 11.4. The molecule has 108 valence electrons. The van der Waals surface area contributed by atoms with E-state index in [4.69, 9.17) is 20.5 Å². The summed E-state index contributed by atoms with van der Waals surface area (Å²) in [7, 11) is 1.54. The quantitative estimate of drug-likeness (QED) is 0.917. The molecule has 21 heavy (non-hydrogen) atoms. The van der Waals surface area contributed by atoms with Crippen LogP contribution < -0.4 is 15.2 Å². The van der Waals surface area contributed by atoms with Crippen LogP contribution >= 0.6 is 0 Å². The maximum atomic E-state index is 13.3. The summed E-state index contributed by atoms with van der Waals surface area (Å²) < 4.78 is 24.2. The summed E-state index contributed by atoms with van der Waals surface area (Å²) in [5.74, 6) is 0.644. The molecular formula is C16H15FN2O2. The SMILES string of the molecule is COc1cc(CN)ccc1OCc1cc(F)cc(C#N)c1. The maximum absolute atomic E-state index is 13.3. The summed E-state index contributed by atoms with van der Waals surface area (Å²) >= 11 is 0. The Morgan fingerprint density at radius 3 is 2.62 bits per heavy atom. The molecule has 2 aromatic carbocycles. The Bertz CT molecular complexity index is 680. The van der Waals surface area contributed by atoms with E-state index >= 15 is 0 Å². The van der Waals surface area contributed by atoms with Crippen molar-refractivity contribution in [2.24, 2.45) is 5.73 Å². The Balaban J connectivity index is 2.16. The lowest BCUT2D eigenvalue weighted by atomic mass is 10.1. The van der Waals surface area contributed by atoms with Crippen molar-refractivity contribution in [3.63, 3.8) is 0 Å². The summed E-state index contributed by atoms with van der Waals surface area (Å²) in [5.41, 5.74) is 7.34. The number of methoxy groups -OCH3 is 1. The van der Waals surface area contributed by atoms with Crippen molar-refractivity contribution in [3.8, 4) is 17.6 Å². The van der Waals surface area contributed by atoms with E-state index in [1.807, 2.05) is 12.1 Å². The van der Waals surface area contributed by atoms with Crippen molar-refractivity contribution < 1.29 is 13.9 Å². The predicted molar refractivity (Wildman–Crippen MR) is 76.3 cm³/mol. The fraction of sp³-hybridized carbons (Fsp3) is 0.188. The number of halogens is 1. The molecule has 0 saturated carbocycles. The normalized spacial score (nSPS) is 10.0. The number of nitrogens with zero attached hydrogens (tertiary/aromatic N) is 1. The van der Waals surface area contributed by atoms with Crippen LogP contribution in [0, 0.1) is 17.1 Å². The lowest BCUT2D eigenvalue weighted by Gasteiger charge is -2.12. The molecule has 0 heterocycles. The van der Waals surface area contributed by atoms with Gasteiger partial charge in [-0.15, -0.1) is 0 Å². The first kappa shape index (κ1) is 14.8. The van der Waals surface area contributed by atoms with E-state index in [9.17, 15) is 4.39 Å². The molecule has 0 aromatic heterocycles. The molecule has 0 amide bonds. The summed E-state index contributed by atoms with van der Waals surface area (Å²) in [6.07, 6.45) is 0. The van der Waals surface area contributed by atoms with E-state index in [0.29, 0.717) is 23.6 Å². The van der Waals surface area contributed by atoms with Crippen LogP contribution in [0.1, 0.15) is 16.7 Å². The van der Waals surface area contributed by atoms with Crippen molar-refractivity contribution in [2.45, 2.75) is 13.2 Å². The molecule has 2 N–H and O–H groups in total. The minimum Gasteiger partial charge on any atom is -0.493 e. The number of ether oxygens (including phenoxy) is 2. The Labute approximate surface area is 122 Å². The molecular weight excluding hydrogens is 271 g/mol. The van der Waals surface area contributed by atoms with E-state index < -0.39 is 5.82 Å². The van der Waals surface area contributed by atoms with Crippen molar-refractivity contribution >= 4 is 0 Å². The van der Waals surface area contributed by atoms with Crippen molar-refractivity contribution in [1.29, 1.82) is 5.26 Å². The van der Waals surface area contributed by atoms with Crippen LogP contribution in [-0.2, 0) is 13.2 Å². The topological polar surface area (TPSA) is 68.3 Å². The summed E-state index contributed by atoms with van der Waals surface area (Å²) in [4.78, 5) is 0. The maximum Gasteiger partial charge on any atom is 0.161 e. The standard InChI is InChI=1S/C16H15FN2O2/c1-20-16-7-11(8-18)2-3-15(16)21-10-13-4-12(9-19)5-14(17)6-13/h2-7H,8,10,18H2,1H3. The molecule has 2 rings (SSSR count). The lowest BCUT2D eigenvalue weighted by molar-refractivity contribution is 0.284. The first-order chi connectivity index (χ1) is 10.2. The van der Waals surface area contributed by atoms with Gasteiger partial charge in [-0.3, -0.25) is 0 Å². The number of hydrogen-bond donors (Lipinski definition) is 1. The average Bonchev–Trinajstić information content (AvgIpc) is 2.52. The molecule has 0 aliphatic rings. The van der Waals surface area contributed by atoms with Gasteiger partial charge < -0.3 is 15.2 Å². The van der Waals surface area contributed by atoms with Gasteiger partial charge in [0.25, 0.3) is 0 Å². The molecule has 5 heteroatoms. The van der Waals surface area contributed by atoms with Gasteiger partial charge in [-0.05, 0) is 41.5 Å². The highest BCUT2D eigenvalue weighted by atomic mass is 19.1. The molecule has 0 atom stereocenters. The van der Waals surface area contributed by atoms with Crippen molar-refractivity contribution in [1.82, 2.24) is 0 Å². The van der Waals surface area contributed by atoms with Gasteiger partial charge in [0.1, 0.15) is 12.4 Å². The van der Waals surface area contributed by atoms with Gasteiger partial charge in [-0.2, -0.15) is 5.26 Å². The van der Waals surface area contributed by atoms with E-state index in [0.717, 1.165) is 5.56 Å². The molecule has 0 aliphatic heterocycles. The molecule has 0 bridgehead atoms. The fourth-order valence-electron chi connectivity index (χ4n) is 1.92. The van der Waals surface area contributed by atoms with Gasteiger partial charge in [-0.1, -0.05) is 6.07 Å². The Morgan fingerprint density at radius 1 is 1.14 bits per heavy atom. The summed E-state index contributed by atoms with van der Waals surface area (Å²) in [6.45, 7) is 0.552. The third kappa shape index (κ3) is 3.71. The zero-order valence-corrected chi connectivity index (χ0v) is 11.6. The van der Waals surface area contributed by atoms with E-state index in [-0.39, 0.29) is 12.2 Å². The second kappa shape index (κ2) is 6.73. The van der Waals surface area contributed by atoms with E-state index in [1.165, 1.54) is 12.1 Å². The Morgan fingerprint density at radius 2 is 1.95 bits per heavy atom. The first-order valence-electron chi connectivity index (χ1n) is 6.35. The van der Waals surface area contributed by atoms with E-state index in [1.54, 1.807) is 25.3 Å². The Hall–Kier alpha value is -2.58. The van der Waals surface area contributed by atoms with Gasteiger partial charge in [0.15, 0.2) is 11.5 Å². The second-order valence-corrected chi connectivity index (χ2v) is 4.44. The Kier molecular flexibility index (Phi) is 4.75. The molecule has 0 spiro atoms.